The van der Waals surface area contributed by atoms with Crippen LogP contribution in [0.4, 0.5) is 18.9 Å². The second-order valence-corrected chi connectivity index (χ2v) is 7.62. The van der Waals surface area contributed by atoms with Crippen molar-refractivity contribution in [1.82, 2.24) is 4.31 Å². The molecule has 128 valence electrons. The van der Waals surface area contributed by atoms with Crippen LogP contribution in [0.1, 0.15) is 0 Å². The van der Waals surface area contributed by atoms with Crippen molar-refractivity contribution in [2.24, 2.45) is 3.77 Å². The molecular formula is C11H12F3N3O4S2. The number of ether oxygens (including phenoxy) is 1. The van der Waals surface area contributed by atoms with Gasteiger partial charge in [0.1, 0.15) is 0 Å². The van der Waals surface area contributed by atoms with E-state index in [0.717, 1.165) is 24.3 Å². The van der Waals surface area contributed by atoms with Gasteiger partial charge in [-0.15, -0.1) is 3.77 Å². The fourth-order valence-electron chi connectivity index (χ4n) is 1.87. The molecule has 1 aliphatic heterocycles. The molecule has 0 saturated carbocycles. The minimum atomic E-state index is -4.67. The van der Waals surface area contributed by atoms with E-state index < -0.39 is 32.3 Å². The van der Waals surface area contributed by atoms with Crippen LogP contribution in [-0.4, -0.2) is 45.2 Å². The zero-order valence-electron chi connectivity index (χ0n) is 11.6. The third-order valence-corrected chi connectivity index (χ3v) is 6.18. The van der Waals surface area contributed by atoms with E-state index >= 15 is 0 Å². The Hall–Kier alpha value is -1.37. The molecule has 1 atom stereocenters. The summed E-state index contributed by atoms with van der Waals surface area (Å²) in [6.45, 7) is 0.738. The Labute approximate surface area is 134 Å². The molecule has 0 radical (unpaired) electrons. The van der Waals surface area contributed by atoms with Crippen LogP contribution in [0.15, 0.2) is 32.9 Å². The predicted molar refractivity (Wildman–Crippen MR) is 78.0 cm³/mol. The van der Waals surface area contributed by atoms with E-state index in [1.807, 2.05) is 0 Å². The summed E-state index contributed by atoms with van der Waals surface area (Å²) in [6.07, 6.45) is 0. The van der Waals surface area contributed by atoms with Gasteiger partial charge in [-0.25, -0.2) is 8.51 Å². The zero-order chi connectivity index (χ0) is 17.1. The van der Waals surface area contributed by atoms with Crippen molar-refractivity contribution in [2.45, 2.75) is 10.4 Å². The monoisotopic (exact) mass is 371 g/mol. The molecule has 1 heterocycles. The zero-order valence-corrected chi connectivity index (χ0v) is 13.2. The molecule has 12 heteroatoms. The van der Waals surface area contributed by atoms with Crippen LogP contribution in [-0.2, 0) is 14.7 Å². The number of alkyl halides is 3. The summed E-state index contributed by atoms with van der Waals surface area (Å²) >= 11 is -0.727. The second-order valence-electron chi connectivity index (χ2n) is 4.40. The summed E-state index contributed by atoms with van der Waals surface area (Å²) in [4.78, 5) is 9.99. The lowest BCUT2D eigenvalue weighted by molar-refractivity contribution is -0.384. The van der Waals surface area contributed by atoms with E-state index in [9.17, 15) is 27.5 Å². The van der Waals surface area contributed by atoms with E-state index in [-0.39, 0.29) is 36.9 Å². The molecule has 0 bridgehead atoms. The maximum Gasteiger partial charge on any atom is 0.464 e. The van der Waals surface area contributed by atoms with Gasteiger partial charge in [0.25, 0.3) is 5.69 Å². The first-order valence-corrected chi connectivity index (χ1v) is 8.55. The van der Waals surface area contributed by atoms with Crippen molar-refractivity contribution in [3.05, 3.63) is 34.4 Å². The third-order valence-electron chi connectivity index (χ3n) is 2.92. The molecule has 1 fully saturated rings. The van der Waals surface area contributed by atoms with Crippen molar-refractivity contribution in [2.75, 3.05) is 26.3 Å². The Morgan fingerprint density at radius 1 is 1.26 bits per heavy atom. The first kappa shape index (κ1) is 18.0. The standard InChI is InChI=1S/C11H12F3N3O4S2/c12-11(13,14)22-15-23(20,16-5-7-21-8-6-16)10-3-1-9(2-4-10)17(18)19/h1-4H,5-8H2. The molecule has 0 aromatic heterocycles. The van der Waals surface area contributed by atoms with Crippen LogP contribution in [0.5, 0.6) is 0 Å². The van der Waals surface area contributed by atoms with Crippen LogP contribution in [0.3, 0.4) is 0 Å². The molecule has 1 saturated heterocycles. The Bertz CT molecular complexity index is 681. The Kier molecular flexibility index (Phi) is 5.49. The van der Waals surface area contributed by atoms with Gasteiger partial charge in [0.05, 0.1) is 35.0 Å². The number of non-ortho nitro benzene ring substituents is 1. The third kappa shape index (κ3) is 4.56. The molecule has 0 aliphatic carbocycles. The van der Waals surface area contributed by atoms with Gasteiger partial charge in [0, 0.05) is 25.2 Å². The summed E-state index contributed by atoms with van der Waals surface area (Å²) in [6, 6.07) is 4.50. The molecule has 0 amide bonds. The number of hydrogen-bond acceptors (Lipinski definition) is 6. The van der Waals surface area contributed by atoms with Gasteiger partial charge in [0.2, 0.25) is 0 Å². The van der Waals surface area contributed by atoms with Crippen LogP contribution in [0.25, 0.3) is 0 Å². The Morgan fingerprint density at radius 2 is 1.83 bits per heavy atom. The topological polar surface area (TPSA) is 85.0 Å². The smallest absolute Gasteiger partial charge is 0.379 e. The summed E-state index contributed by atoms with van der Waals surface area (Å²) in [5, 5.41) is 10.7. The number of morpholine rings is 1. The van der Waals surface area contributed by atoms with Gasteiger partial charge in [-0.2, -0.15) is 13.2 Å². The number of nitro benzene ring substituents is 1. The van der Waals surface area contributed by atoms with E-state index in [4.69, 9.17) is 4.74 Å². The highest BCUT2D eigenvalue weighted by Crippen LogP contribution is 2.35. The normalized spacial score (nSPS) is 19.1. The summed E-state index contributed by atoms with van der Waals surface area (Å²) in [5.41, 5.74) is -4.92. The quantitative estimate of drug-likeness (QED) is 0.462. The average Bonchev–Trinajstić information content (AvgIpc) is 2.53. The SMILES string of the molecule is O=[N+]([O-])c1ccc(S(=O)(=NSC(F)(F)F)N2CCOCC2)cc1. The maximum atomic E-state index is 13.1. The van der Waals surface area contributed by atoms with E-state index in [2.05, 4.69) is 3.77 Å². The summed E-state index contributed by atoms with van der Waals surface area (Å²) in [7, 11) is -3.55. The Balaban J connectivity index is 2.43. The van der Waals surface area contributed by atoms with Gasteiger partial charge < -0.3 is 4.74 Å². The number of nitrogens with zero attached hydrogens (tertiary/aromatic N) is 3. The first-order valence-electron chi connectivity index (χ1n) is 6.31. The fraction of sp³-hybridized carbons (Fsp3) is 0.455. The second kappa shape index (κ2) is 7.03. The average molecular weight is 371 g/mol. The highest BCUT2D eigenvalue weighted by atomic mass is 32.3. The molecule has 1 aromatic carbocycles. The highest BCUT2D eigenvalue weighted by Gasteiger charge is 2.33. The van der Waals surface area contributed by atoms with Crippen LogP contribution >= 0.6 is 11.9 Å². The predicted octanol–water partition coefficient (Wildman–Crippen LogP) is 2.84. The molecular weight excluding hydrogens is 359 g/mol. The van der Waals surface area contributed by atoms with Gasteiger partial charge in [-0.1, -0.05) is 0 Å². The molecule has 1 aromatic rings. The van der Waals surface area contributed by atoms with E-state index in [1.165, 1.54) is 4.31 Å². The van der Waals surface area contributed by atoms with Crippen molar-refractivity contribution < 1.29 is 27.0 Å². The molecule has 1 aliphatic rings. The van der Waals surface area contributed by atoms with Crippen LogP contribution in [0, 0.1) is 10.1 Å². The fourth-order valence-corrected chi connectivity index (χ4v) is 4.77. The number of rotatable bonds is 4. The van der Waals surface area contributed by atoms with Gasteiger partial charge in [-0.3, -0.25) is 10.1 Å². The highest BCUT2D eigenvalue weighted by molar-refractivity contribution is 8.07. The van der Waals surface area contributed by atoms with Gasteiger partial charge >= 0.3 is 5.51 Å². The first-order chi connectivity index (χ1) is 10.7. The number of hydrogen-bond donors (Lipinski definition) is 0. The number of halogens is 3. The molecule has 0 N–H and O–H groups in total. The molecule has 23 heavy (non-hydrogen) atoms. The number of nitro groups is 1. The molecule has 2 rings (SSSR count). The Morgan fingerprint density at radius 3 is 2.30 bits per heavy atom. The van der Waals surface area contributed by atoms with Crippen molar-refractivity contribution in [3.8, 4) is 0 Å². The van der Waals surface area contributed by atoms with E-state index in [0.29, 0.717) is 0 Å². The molecule has 7 nitrogen and oxygen atoms in total. The van der Waals surface area contributed by atoms with Gasteiger partial charge in [0.15, 0.2) is 9.92 Å². The van der Waals surface area contributed by atoms with Crippen LogP contribution in [0.2, 0.25) is 0 Å². The lowest BCUT2D eigenvalue weighted by Gasteiger charge is -2.29. The van der Waals surface area contributed by atoms with Crippen molar-refractivity contribution in [3.63, 3.8) is 0 Å². The van der Waals surface area contributed by atoms with Gasteiger partial charge in [-0.05, 0) is 12.1 Å². The summed E-state index contributed by atoms with van der Waals surface area (Å²) in [5.74, 6) is 0. The van der Waals surface area contributed by atoms with E-state index in [1.54, 1.807) is 0 Å². The number of benzene rings is 1. The largest absolute Gasteiger partial charge is 0.464 e. The minimum absolute atomic E-state index is 0.0123. The lowest BCUT2D eigenvalue weighted by Crippen LogP contribution is -2.40. The molecule has 1 unspecified atom stereocenters. The van der Waals surface area contributed by atoms with Crippen molar-refractivity contribution in [1.29, 1.82) is 0 Å². The lowest BCUT2D eigenvalue weighted by atomic mass is 10.3. The maximum absolute atomic E-state index is 13.1. The van der Waals surface area contributed by atoms with Crippen LogP contribution < -0.4 is 0 Å². The minimum Gasteiger partial charge on any atom is -0.379 e. The summed E-state index contributed by atoms with van der Waals surface area (Å²) < 4.78 is 60.1. The van der Waals surface area contributed by atoms with Crippen molar-refractivity contribution >= 4 is 27.6 Å². The molecule has 0 spiro atoms.